The molecule has 0 aliphatic carbocycles. The molecule has 108 valence electrons. The first-order valence-corrected chi connectivity index (χ1v) is 6.93. The van der Waals surface area contributed by atoms with Crippen molar-refractivity contribution in [3.05, 3.63) is 34.4 Å². The number of rotatable bonds is 3. The maximum atomic E-state index is 11.0. The lowest BCUT2D eigenvalue weighted by Crippen LogP contribution is -2.41. The Hall–Kier alpha value is -1.66. The monoisotopic (exact) mass is 278 g/mol. The minimum Gasteiger partial charge on any atom is -0.481 e. The molecule has 1 aromatic rings. The van der Waals surface area contributed by atoms with Gasteiger partial charge in [0.15, 0.2) is 5.75 Å². The number of hydrogen-bond donors (Lipinski definition) is 1. The maximum Gasteiger partial charge on any atom is 0.310 e. The topological polar surface area (TPSA) is 73.6 Å². The Morgan fingerprint density at radius 3 is 2.85 bits per heavy atom. The van der Waals surface area contributed by atoms with Crippen LogP contribution in [0.2, 0.25) is 0 Å². The first-order chi connectivity index (χ1) is 9.69. The van der Waals surface area contributed by atoms with E-state index in [4.69, 9.17) is 9.47 Å². The van der Waals surface area contributed by atoms with Gasteiger partial charge < -0.3 is 14.8 Å². The number of nitrogens with one attached hydrogen (secondary N) is 1. The average molecular weight is 278 g/mol. The largest absolute Gasteiger partial charge is 0.481 e. The number of piperidine rings is 1. The standard InChI is InChI=1S/C14H18N2O4/c17-16(18)12-3-1-2-4-13(12)20-11-9-14(19-10-11)5-7-15-8-6-14/h1-4,11,15H,5-10H2. The fourth-order valence-corrected chi connectivity index (χ4v) is 3.00. The molecule has 1 atom stereocenters. The molecule has 6 heteroatoms. The van der Waals surface area contributed by atoms with Crippen molar-refractivity contribution in [1.82, 2.24) is 5.32 Å². The molecule has 2 aliphatic rings. The molecule has 1 spiro atoms. The van der Waals surface area contributed by atoms with Crippen molar-refractivity contribution in [3.8, 4) is 5.75 Å². The molecule has 2 aliphatic heterocycles. The molecule has 1 unspecified atom stereocenters. The smallest absolute Gasteiger partial charge is 0.310 e. The van der Waals surface area contributed by atoms with Crippen LogP contribution in [0.15, 0.2) is 24.3 Å². The maximum absolute atomic E-state index is 11.0. The number of nitro groups is 1. The Balaban J connectivity index is 1.69. The van der Waals surface area contributed by atoms with Crippen LogP contribution in [0.5, 0.6) is 5.75 Å². The van der Waals surface area contributed by atoms with E-state index in [0.717, 1.165) is 32.4 Å². The van der Waals surface area contributed by atoms with Gasteiger partial charge in [0, 0.05) is 12.5 Å². The third-order valence-corrected chi connectivity index (χ3v) is 4.05. The third kappa shape index (κ3) is 2.62. The SMILES string of the molecule is O=[N+]([O-])c1ccccc1OC1COC2(CCNCC2)C1. The van der Waals surface area contributed by atoms with Crippen LogP contribution in [0.4, 0.5) is 5.69 Å². The van der Waals surface area contributed by atoms with E-state index in [-0.39, 0.29) is 17.4 Å². The Bertz CT molecular complexity index is 500. The minimum absolute atomic E-state index is 0.0127. The first-order valence-electron chi connectivity index (χ1n) is 6.93. The van der Waals surface area contributed by atoms with E-state index >= 15 is 0 Å². The molecule has 3 rings (SSSR count). The fourth-order valence-electron chi connectivity index (χ4n) is 3.00. The fraction of sp³-hybridized carbons (Fsp3) is 0.571. The summed E-state index contributed by atoms with van der Waals surface area (Å²) in [5.74, 6) is 0.331. The van der Waals surface area contributed by atoms with Crippen LogP contribution >= 0.6 is 0 Å². The summed E-state index contributed by atoms with van der Waals surface area (Å²) in [5, 5.41) is 14.3. The minimum atomic E-state index is -0.411. The van der Waals surface area contributed by atoms with Gasteiger partial charge in [-0.1, -0.05) is 12.1 Å². The number of para-hydroxylation sites is 2. The average Bonchev–Trinajstić information content (AvgIpc) is 2.82. The van der Waals surface area contributed by atoms with Crippen LogP contribution < -0.4 is 10.1 Å². The predicted molar refractivity (Wildman–Crippen MR) is 72.9 cm³/mol. The van der Waals surface area contributed by atoms with Gasteiger partial charge in [0.2, 0.25) is 0 Å². The van der Waals surface area contributed by atoms with Crippen LogP contribution in [0.1, 0.15) is 19.3 Å². The Kier molecular flexibility index (Phi) is 3.58. The summed E-state index contributed by atoms with van der Waals surface area (Å²) in [6.45, 7) is 2.42. The first kappa shape index (κ1) is 13.3. The summed E-state index contributed by atoms with van der Waals surface area (Å²) in [5.41, 5.74) is -0.0850. The van der Waals surface area contributed by atoms with Crippen LogP contribution in [-0.4, -0.2) is 36.3 Å². The lowest BCUT2D eigenvalue weighted by Gasteiger charge is -2.32. The van der Waals surface area contributed by atoms with Gasteiger partial charge in [-0.05, 0) is 32.0 Å². The van der Waals surface area contributed by atoms with E-state index in [1.54, 1.807) is 18.2 Å². The van der Waals surface area contributed by atoms with Crippen molar-refractivity contribution in [2.24, 2.45) is 0 Å². The van der Waals surface area contributed by atoms with Gasteiger partial charge >= 0.3 is 5.69 Å². The molecule has 0 saturated carbocycles. The van der Waals surface area contributed by atoms with E-state index in [9.17, 15) is 10.1 Å². The van der Waals surface area contributed by atoms with Gasteiger partial charge in [-0.2, -0.15) is 0 Å². The summed E-state index contributed by atoms with van der Waals surface area (Å²) in [6.07, 6.45) is 2.66. The van der Waals surface area contributed by atoms with Crippen LogP contribution in [0.3, 0.4) is 0 Å². The molecular formula is C14H18N2O4. The van der Waals surface area contributed by atoms with E-state index in [1.807, 2.05) is 0 Å². The van der Waals surface area contributed by atoms with Crippen molar-refractivity contribution < 1.29 is 14.4 Å². The second kappa shape index (κ2) is 5.38. The third-order valence-electron chi connectivity index (χ3n) is 4.05. The summed E-state index contributed by atoms with van der Waals surface area (Å²) in [7, 11) is 0. The van der Waals surface area contributed by atoms with Crippen molar-refractivity contribution in [1.29, 1.82) is 0 Å². The highest BCUT2D eigenvalue weighted by Crippen LogP contribution is 2.37. The highest BCUT2D eigenvalue weighted by Gasteiger charge is 2.42. The molecule has 0 radical (unpaired) electrons. The van der Waals surface area contributed by atoms with Crippen molar-refractivity contribution in [2.45, 2.75) is 31.0 Å². The van der Waals surface area contributed by atoms with Gasteiger partial charge in [0.1, 0.15) is 6.10 Å². The quantitative estimate of drug-likeness (QED) is 0.675. The highest BCUT2D eigenvalue weighted by molar-refractivity contribution is 5.45. The van der Waals surface area contributed by atoms with Crippen LogP contribution in [0.25, 0.3) is 0 Å². The van der Waals surface area contributed by atoms with Crippen molar-refractivity contribution in [2.75, 3.05) is 19.7 Å². The van der Waals surface area contributed by atoms with Gasteiger partial charge in [-0.3, -0.25) is 10.1 Å². The number of hydrogen-bond acceptors (Lipinski definition) is 5. The molecule has 2 heterocycles. The molecule has 0 aromatic heterocycles. The number of ether oxygens (including phenoxy) is 2. The Morgan fingerprint density at radius 1 is 1.35 bits per heavy atom. The number of benzene rings is 1. The Labute approximate surface area is 117 Å². The second-order valence-electron chi connectivity index (χ2n) is 5.41. The molecule has 1 aromatic carbocycles. The van der Waals surface area contributed by atoms with Gasteiger partial charge in [-0.15, -0.1) is 0 Å². The summed E-state index contributed by atoms with van der Waals surface area (Å²) in [4.78, 5) is 10.6. The number of nitrogens with zero attached hydrogens (tertiary/aromatic N) is 1. The van der Waals surface area contributed by atoms with Gasteiger partial charge in [-0.25, -0.2) is 0 Å². The molecule has 0 bridgehead atoms. The molecular weight excluding hydrogens is 260 g/mol. The van der Waals surface area contributed by atoms with E-state index < -0.39 is 4.92 Å². The Morgan fingerprint density at radius 2 is 2.10 bits per heavy atom. The molecule has 1 N–H and O–H groups in total. The molecule has 6 nitrogen and oxygen atoms in total. The lowest BCUT2D eigenvalue weighted by molar-refractivity contribution is -0.386. The van der Waals surface area contributed by atoms with Gasteiger partial charge in [0.25, 0.3) is 0 Å². The van der Waals surface area contributed by atoms with Gasteiger partial charge in [0.05, 0.1) is 17.1 Å². The molecule has 0 amide bonds. The van der Waals surface area contributed by atoms with E-state index in [1.165, 1.54) is 6.07 Å². The van der Waals surface area contributed by atoms with Crippen LogP contribution in [0, 0.1) is 10.1 Å². The normalized spacial score (nSPS) is 24.7. The predicted octanol–water partition coefficient (Wildman–Crippen LogP) is 1.88. The zero-order valence-corrected chi connectivity index (χ0v) is 11.2. The van der Waals surface area contributed by atoms with E-state index in [0.29, 0.717) is 12.4 Å². The lowest BCUT2D eigenvalue weighted by atomic mass is 9.89. The summed E-state index contributed by atoms with van der Waals surface area (Å²) in [6, 6.07) is 6.50. The van der Waals surface area contributed by atoms with Crippen molar-refractivity contribution >= 4 is 5.69 Å². The molecule has 2 fully saturated rings. The van der Waals surface area contributed by atoms with Crippen LogP contribution in [-0.2, 0) is 4.74 Å². The molecule has 2 saturated heterocycles. The summed E-state index contributed by atoms with van der Waals surface area (Å²) < 4.78 is 11.7. The van der Waals surface area contributed by atoms with E-state index in [2.05, 4.69) is 5.32 Å². The molecule has 20 heavy (non-hydrogen) atoms. The van der Waals surface area contributed by atoms with Crippen molar-refractivity contribution in [3.63, 3.8) is 0 Å². The zero-order valence-electron chi connectivity index (χ0n) is 11.2. The number of nitro benzene ring substituents is 1. The zero-order chi connectivity index (χ0) is 14.0. The second-order valence-corrected chi connectivity index (χ2v) is 5.41. The highest BCUT2D eigenvalue weighted by atomic mass is 16.6. The summed E-state index contributed by atoms with van der Waals surface area (Å²) >= 11 is 0.